The summed E-state index contributed by atoms with van der Waals surface area (Å²) in [5, 5.41) is 3.01. The van der Waals surface area contributed by atoms with Crippen LogP contribution in [0.3, 0.4) is 0 Å². The van der Waals surface area contributed by atoms with Gasteiger partial charge in [0, 0.05) is 23.8 Å². The molecule has 2 aromatic rings. The average molecular weight is 532 g/mol. The van der Waals surface area contributed by atoms with Gasteiger partial charge in [-0.05, 0) is 48.9 Å². The van der Waals surface area contributed by atoms with Gasteiger partial charge in [-0.1, -0.05) is 11.6 Å². The van der Waals surface area contributed by atoms with Crippen LogP contribution in [0.1, 0.15) is 5.56 Å². The summed E-state index contributed by atoms with van der Waals surface area (Å²) < 4.78 is 63.8. The number of nitrogens with zero attached hydrogens (tertiary/aromatic N) is 2. The predicted molar refractivity (Wildman–Crippen MR) is 130 cm³/mol. The van der Waals surface area contributed by atoms with Crippen molar-refractivity contribution in [3.8, 4) is 5.75 Å². The highest BCUT2D eigenvalue weighted by atomic mass is 35.5. The van der Waals surface area contributed by atoms with Gasteiger partial charge in [-0.15, -0.1) is 0 Å². The molecule has 0 bridgehead atoms. The molecule has 1 N–H and O–H groups in total. The Hall–Kier alpha value is -2.38. The molecule has 1 saturated heterocycles. The number of morpholine rings is 1. The van der Waals surface area contributed by atoms with Crippen LogP contribution in [-0.4, -0.2) is 73.3 Å². The van der Waals surface area contributed by atoms with E-state index in [0.717, 1.165) is 10.6 Å². The Labute approximate surface area is 204 Å². The Kier molecular flexibility index (Phi) is 8.09. The number of carbonyl (C=O) groups excluding carboxylic acids is 1. The minimum Gasteiger partial charge on any atom is -0.495 e. The van der Waals surface area contributed by atoms with Crippen LogP contribution in [0.4, 0.5) is 11.4 Å². The molecule has 34 heavy (non-hydrogen) atoms. The molecule has 1 fully saturated rings. The number of rotatable bonds is 8. The van der Waals surface area contributed by atoms with Crippen LogP contribution in [0.5, 0.6) is 5.75 Å². The van der Waals surface area contributed by atoms with E-state index in [1.807, 2.05) is 0 Å². The van der Waals surface area contributed by atoms with Crippen molar-refractivity contribution in [1.82, 2.24) is 4.31 Å². The van der Waals surface area contributed by atoms with Gasteiger partial charge in [0.25, 0.3) is 0 Å². The van der Waals surface area contributed by atoms with Crippen molar-refractivity contribution in [2.45, 2.75) is 11.8 Å². The molecule has 1 amide bonds. The maximum Gasteiger partial charge on any atom is 0.246 e. The number of amides is 1. The molecule has 1 aliphatic heterocycles. The van der Waals surface area contributed by atoms with E-state index in [-0.39, 0.29) is 42.6 Å². The molecule has 0 spiro atoms. The average Bonchev–Trinajstić information content (AvgIpc) is 2.78. The third-order valence-corrected chi connectivity index (χ3v) is 8.43. The number of hydrogen-bond donors (Lipinski definition) is 1. The molecular formula is C21H26ClN3O7S2. The van der Waals surface area contributed by atoms with E-state index in [1.54, 1.807) is 13.0 Å². The maximum absolute atomic E-state index is 13.1. The number of ether oxygens (including phenoxy) is 2. The van der Waals surface area contributed by atoms with Crippen molar-refractivity contribution < 1.29 is 31.1 Å². The van der Waals surface area contributed by atoms with Gasteiger partial charge in [0.2, 0.25) is 26.0 Å². The minimum absolute atomic E-state index is 0.108. The van der Waals surface area contributed by atoms with Crippen LogP contribution in [0, 0.1) is 6.92 Å². The summed E-state index contributed by atoms with van der Waals surface area (Å²) in [5.41, 5.74) is 1.07. The molecule has 0 aliphatic carbocycles. The van der Waals surface area contributed by atoms with Gasteiger partial charge in [-0.3, -0.25) is 9.10 Å². The van der Waals surface area contributed by atoms with Crippen molar-refractivity contribution in [2.75, 3.05) is 55.8 Å². The zero-order valence-corrected chi connectivity index (χ0v) is 21.3. The summed E-state index contributed by atoms with van der Waals surface area (Å²) in [7, 11) is -6.35. The van der Waals surface area contributed by atoms with E-state index in [9.17, 15) is 21.6 Å². The van der Waals surface area contributed by atoms with Crippen molar-refractivity contribution in [3.63, 3.8) is 0 Å². The van der Waals surface area contributed by atoms with E-state index in [4.69, 9.17) is 21.1 Å². The zero-order valence-electron chi connectivity index (χ0n) is 18.9. The Morgan fingerprint density at radius 2 is 1.82 bits per heavy atom. The molecule has 10 nitrogen and oxygen atoms in total. The highest BCUT2D eigenvalue weighted by Gasteiger charge is 2.30. The van der Waals surface area contributed by atoms with Crippen LogP contribution < -0.4 is 14.4 Å². The predicted octanol–water partition coefficient (Wildman–Crippen LogP) is 2.08. The van der Waals surface area contributed by atoms with E-state index in [1.165, 1.54) is 41.7 Å². The number of methoxy groups -OCH3 is 1. The molecule has 1 aliphatic rings. The van der Waals surface area contributed by atoms with E-state index in [2.05, 4.69) is 5.32 Å². The summed E-state index contributed by atoms with van der Waals surface area (Å²) >= 11 is 5.96. The Morgan fingerprint density at radius 1 is 1.15 bits per heavy atom. The zero-order chi connectivity index (χ0) is 25.1. The maximum atomic E-state index is 13.1. The van der Waals surface area contributed by atoms with E-state index < -0.39 is 32.5 Å². The smallest absolute Gasteiger partial charge is 0.246 e. The van der Waals surface area contributed by atoms with Crippen molar-refractivity contribution in [3.05, 3.63) is 47.0 Å². The molecule has 0 aromatic heterocycles. The van der Waals surface area contributed by atoms with Gasteiger partial charge >= 0.3 is 0 Å². The highest BCUT2D eigenvalue weighted by molar-refractivity contribution is 7.92. The quantitative estimate of drug-likeness (QED) is 0.553. The number of anilines is 2. The normalized spacial score (nSPS) is 15.1. The lowest BCUT2D eigenvalue weighted by atomic mass is 10.2. The number of benzene rings is 2. The topological polar surface area (TPSA) is 122 Å². The molecule has 0 unspecified atom stereocenters. The number of aryl methyl sites for hydroxylation is 1. The summed E-state index contributed by atoms with van der Waals surface area (Å²) in [5.74, 6) is -0.529. The summed E-state index contributed by atoms with van der Waals surface area (Å²) in [6.45, 7) is 2.13. The Morgan fingerprint density at radius 3 is 2.41 bits per heavy atom. The summed E-state index contributed by atoms with van der Waals surface area (Å²) in [6, 6.07) is 8.85. The molecule has 0 saturated carbocycles. The molecule has 2 aromatic carbocycles. The number of hydrogen-bond acceptors (Lipinski definition) is 7. The SMILES string of the molecule is COc1ccc(NC(=O)CN(c2ccc(Cl)cc2C)S(C)(=O)=O)cc1S(=O)(=O)N1CCOCC1. The Bertz CT molecular complexity index is 1280. The monoisotopic (exact) mass is 531 g/mol. The molecule has 186 valence electrons. The fourth-order valence-corrected chi connectivity index (χ4v) is 6.22. The van der Waals surface area contributed by atoms with Crippen LogP contribution in [0.25, 0.3) is 0 Å². The number of nitrogens with one attached hydrogen (secondary N) is 1. The van der Waals surface area contributed by atoms with Crippen LogP contribution in [0.15, 0.2) is 41.3 Å². The molecular weight excluding hydrogens is 506 g/mol. The van der Waals surface area contributed by atoms with Gasteiger partial charge in [0.15, 0.2) is 0 Å². The fourth-order valence-electron chi connectivity index (χ4n) is 3.49. The second-order valence-corrected chi connectivity index (χ2v) is 11.9. The van der Waals surface area contributed by atoms with Crippen LogP contribution in [0.2, 0.25) is 5.02 Å². The van der Waals surface area contributed by atoms with Gasteiger partial charge in [-0.25, -0.2) is 16.8 Å². The van der Waals surface area contributed by atoms with Gasteiger partial charge in [-0.2, -0.15) is 4.31 Å². The van der Waals surface area contributed by atoms with Gasteiger partial charge < -0.3 is 14.8 Å². The third-order valence-electron chi connectivity index (χ3n) is 5.15. The lowest BCUT2D eigenvalue weighted by Gasteiger charge is -2.27. The van der Waals surface area contributed by atoms with Gasteiger partial charge in [0.1, 0.15) is 17.2 Å². The standard InChI is InChI=1S/C21H26ClN3O7S2/c1-15-12-16(22)4-6-18(15)25(33(3,27)28)14-21(26)23-17-5-7-19(31-2)20(13-17)34(29,30)24-8-10-32-11-9-24/h4-7,12-13H,8-11,14H2,1-3H3,(H,23,26). The Balaban J connectivity index is 1.87. The fraction of sp³-hybridized carbons (Fsp3) is 0.381. The first-order chi connectivity index (χ1) is 15.9. The third kappa shape index (κ3) is 5.99. The first-order valence-corrected chi connectivity index (χ1v) is 13.9. The molecule has 3 rings (SSSR count). The molecule has 13 heteroatoms. The summed E-state index contributed by atoms with van der Waals surface area (Å²) in [6.07, 6.45) is 0.995. The lowest BCUT2D eigenvalue weighted by molar-refractivity contribution is -0.114. The van der Waals surface area contributed by atoms with Crippen LogP contribution in [-0.2, 0) is 29.6 Å². The lowest BCUT2D eigenvalue weighted by Crippen LogP contribution is -2.40. The minimum atomic E-state index is -3.90. The van der Waals surface area contributed by atoms with Gasteiger partial charge in [0.05, 0.1) is 32.3 Å². The van der Waals surface area contributed by atoms with Crippen LogP contribution >= 0.6 is 11.6 Å². The van der Waals surface area contributed by atoms with E-state index >= 15 is 0 Å². The largest absolute Gasteiger partial charge is 0.495 e. The molecule has 1 heterocycles. The first-order valence-electron chi connectivity index (χ1n) is 10.2. The van der Waals surface area contributed by atoms with Crippen molar-refractivity contribution >= 4 is 48.9 Å². The van der Waals surface area contributed by atoms with Crippen molar-refractivity contribution in [2.24, 2.45) is 0 Å². The number of carbonyl (C=O) groups is 1. The first kappa shape index (κ1) is 26.2. The number of halogens is 1. The van der Waals surface area contributed by atoms with E-state index in [0.29, 0.717) is 16.3 Å². The van der Waals surface area contributed by atoms with Crippen molar-refractivity contribution in [1.29, 1.82) is 0 Å². The molecule has 0 atom stereocenters. The number of sulfonamides is 2. The second-order valence-electron chi connectivity index (χ2n) is 7.63. The summed E-state index contributed by atoms with van der Waals surface area (Å²) in [4.78, 5) is 12.7. The molecule has 0 radical (unpaired) electrons. The highest BCUT2D eigenvalue weighted by Crippen LogP contribution is 2.30. The second kappa shape index (κ2) is 10.5.